The molecule has 2 fully saturated rings. The van der Waals surface area contributed by atoms with Crippen LogP contribution < -0.4 is 16.6 Å². The largest absolute Gasteiger partial charge is 0.486 e. The van der Waals surface area contributed by atoms with Crippen LogP contribution in [0.2, 0.25) is 0 Å². The molecule has 33 heavy (non-hydrogen) atoms. The van der Waals surface area contributed by atoms with Crippen LogP contribution in [0.15, 0.2) is 71.1 Å². The number of likely N-dealkylation sites (tertiary alicyclic amines) is 1. The van der Waals surface area contributed by atoms with Crippen molar-refractivity contribution in [2.45, 2.75) is 25.4 Å². The maximum absolute atomic E-state index is 13.7. The molecule has 0 radical (unpaired) electrons. The molecule has 0 atom stereocenters. The number of benzene rings is 1. The monoisotopic (exact) mass is 454 g/mol. The summed E-state index contributed by atoms with van der Waals surface area (Å²) in [5.41, 5.74) is 7.03. The fraction of sp³-hybridized carbons (Fsp3) is 0.400. The predicted octanol–water partition coefficient (Wildman–Crippen LogP) is 2.48. The lowest BCUT2D eigenvalue weighted by atomic mass is 10.0. The van der Waals surface area contributed by atoms with Crippen LogP contribution in [-0.2, 0) is 16.0 Å². The molecule has 0 unspecified atom stereocenters. The van der Waals surface area contributed by atoms with Gasteiger partial charge in [0.05, 0.1) is 5.52 Å². The van der Waals surface area contributed by atoms with E-state index < -0.39 is 0 Å². The highest BCUT2D eigenvalue weighted by Gasteiger charge is 2.19. The summed E-state index contributed by atoms with van der Waals surface area (Å²) >= 11 is 0. The van der Waals surface area contributed by atoms with Crippen molar-refractivity contribution in [2.24, 2.45) is 5.73 Å². The zero-order valence-corrected chi connectivity index (χ0v) is 18.8. The van der Waals surface area contributed by atoms with Gasteiger partial charge in [0, 0.05) is 37.9 Å². The van der Waals surface area contributed by atoms with Crippen LogP contribution in [0.3, 0.4) is 0 Å². The van der Waals surface area contributed by atoms with E-state index in [1.54, 1.807) is 22.8 Å². The Bertz CT molecular complexity index is 1120. The lowest BCUT2D eigenvalue weighted by Crippen LogP contribution is -2.44. The van der Waals surface area contributed by atoms with Crippen LogP contribution in [0, 0.1) is 5.82 Å². The Labute approximate surface area is 193 Å². The molecule has 2 aliphatic heterocycles. The fourth-order valence-electron chi connectivity index (χ4n) is 4.29. The highest BCUT2D eigenvalue weighted by Crippen LogP contribution is 2.19. The second-order valence-electron chi connectivity index (χ2n) is 8.42. The lowest BCUT2D eigenvalue weighted by molar-refractivity contribution is 0.0591. The normalized spacial score (nSPS) is 20.2. The molecule has 1 aromatic carbocycles. The molecular formula is C25H31FN4O3. The minimum atomic E-state index is -0.330. The van der Waals surface area contributed by atoms with Crippen molar-refractivity contribution < 1.29 is 13.9 Å². The van der Waals surface area contributed by atoms with E-state index in [-0.39, 0.29) is 11.4 Å². The van der Waals surface area contributed by atoms with Gasteiger partial charge < -0.3 is 30.0 Å². The Morgan fingerprint density at radius 2 is 1.88 bits per heavy atom. The van der Waals surface area contributed by atoms with Crippen LogP contribution >= 0.6 is 0 Å². The molecule has 7 nitrogen and oxygen atoms in total. The highest BCUT2D eigenvalue weighted by molar-refractivity contribution is 5.78. The van der Waals surface area contributed by atoms with Gasteiger partial charge in [-0.15, -0.1) is 0 Å². The maximum Gasteiger partial charge on any atom is 0.251 e. The second-order valence-corrected chi connectivity index (χ2v) is 8.42. The molecule has 3 heterocycles. The topological polar surface area (TPSA) is 81.8 Å². The molecule has 0 aliphatic carbocycles. The Hall–Kier alpha value is -3.10. The molecule has 4 rings (SSSR count). The summed E-state index contributed by atoms with van der Waals surface area (Å²) < 4.78 is 26.5. The number of nitrogens with zero attached hydrogens (tertiary/aromatic N) is 2. The van der Waals surface area contributed by atoms with E-state index in [4.69, 9.17) is 15.2 Å². The summed E-state index contributed by atoms with van der Waals surface area (Å²) in [6.45, 7) is 8.94. The quantitative estimate of drug-likeness (QED) is 0.669. The molecule has 1 aromatic heterocycles. The van der Waals surface area contributed by atoms with Gasteiger partial charge >= 0.3 is 0 Å². The number of hydrogen-bond acceptors (Lipinski definition) is 6. The van der Waals surface area contributed by atoms with Gasteiger partial charge in [0.25, 0.3) is 5.56 Å². The van der Waals surface area contributed by atoms with Crippen molar-refractivity contribution in [3.8, 4) is 0 Å². The predicted molar refractivity (Wildman–Crippen MR) is 127 cm³/mol. The first-order chi connectivity index (χ1) is 16.0. The minimum Gasteiger partial charge on any atom is -0.486 e. The number of fused-ring (bicyclic) bond motifs is 1. The van der Waals surface area contributed by atoms with E-state index in [0.29, 0.717) is 49.4 Å². The number of aromatic nitrogens is 1. The van der Waals surface area contributed by atoms with Crippen molar-refractivity contribution in [1.82, 2.24) is 14.8 Å². The molecule has 2 aromatic rings. The van der Waals surface area contributed by atoms with Gasteiger partial charge in [-0.05, 0) is 67.2 Å². The van der Waals surface area contributed by atoms with Gasteiger partial charge in [-0.25, -0.2) is 4.39 Å². The molecule has 8 heteroatoms. The van der Waals surface area contributed by atoms with Crippen molar-refractivity contribution in [3.63, 3.8) is 0 Å². The number of halogens is 1. The zero-order valence-electron chi connectivity index (χ0n) is 18.8. The summed E-state index contributed by atoms with van der Waals surface area (Å²) in [7, 11) is 0. The summed E-state index contributed by atoms with van der Waals surface area (Å²) in [4.78, 5) is 14.7. The summed E-state index contributed by atoms with van der Waals surface area (Å²) in [5.74, 6) is 0.835. The Balaban J connectivity index is 1.25. The Morgan fingerprint density at radius 3 is 2.64 bits per heavy atom. The first-order valence-corrected chi connectivity index (χ1v) is 11.4. The Kier molecular flexibility index (Phi) is 7.47. The molecule has 0 bridgehead atoms. The van der Waals surface area contributed by atoms with Crippen molar-refractivity contribution in [3.05, 3.63) is 82.4 Å². The number of rotatable bonds is 7. The van der Waals surface area contributed by atoms with Crippen LogP contribution in [0.1, 0.15) is 12.8 Å². The van der Waals surface area contributed by atoms with E-state index in [1.807, 2.05) is 6.08 Å². The van der Waals surface area contributed by atoms with Gasteiger partial charge in [0.2, 0.25) is 0 Å². The minimum absolute atomic E-state index is 0.0998. The van der Waals surface area contributed by atoms with Gasteiger partial charge in [0.1, 0.15) is 19.0 Å². The standard InChI is InChI=1S/C25H31FN4O3/c1-18(14-23-24(16-27)33-13-12-32-23)17-28-21-6-8-29(9-7-21)10-11-30-22-15-20(26)4-2-19(22)3-5-25(30)31/h2-5,14-16,21,28H,1,6-13,17,27H2/b23-14+,24-16+. The zero-order chi connectivity index (χ0) is 23.2. The van der Waals surface area contributed by atoms with Crippen molar-refractivity contribution >= 4 is 10.9 Å². The van der Waals surface area contributed by atoms with E-state index in [2.05, 4.69) is 16.8 Å². The molecule has 0 spiro atoms. The van der Waals surface area contributed by atoms with Gasteiger partial charge in [-0.3, -0.25) is 4.79 Å². The second kappa shape index (κ2) is 10.7. The first kappa shape index (κ1) is 23.1. The van der Waals surface area contributed by atoms with E-state index >= 15 is 0 Å². The maximum atomic E-state index is 13.7. The Morgan fingerprint density at radius 1 is 1.15 bits per heavy atom. The van der Waals surface area contributed by atoms with Crippen LogP contribution in [0.5, 0.6) is 0 Å². The molecule has 2 saturated heterocycles. The van der Waals surface area contributed by atoms with Crippen molar-refractivity contribution in [2.75, 3.05) is 39.4 Å². The number of ether oxygens (including phenoxy) is 2. The van der Waals surface area contributed by atoms with Gasteiger partial charge in [0.15, 0.2) is 11.5 Å². The smallest absolute Gasteiger partial charge is 0.251 e. The van der Waals surface area contributed by atoms with Crippen LogP contribution in [0.4, 0.5) is 4.39 Å². The molecule has 2 aliphatic rings. The average Bonchev–Trinajstić information content (AvgIpc) is 2.83. The third-order valence-corrected chi connectivity index (χ3v) is 6.13. The number of piperidine rings is 1. The molecule has 176 valence electrons. The first-order valence-electron chi connectivity index (χ1n) is 11.4. The van der Waals surface area contributed by atoms with E-state index in [9.17, 15) is 9.18 Å². The third kappa shape index (κ3) is 5.83. The highest BCUT2D eigenvalue weighted by atomic mass is 19.1. The molecular weight excluding hydrogens is 423 g/mol. The number of nitrogens with one attached hydrogen (secondary N) is 1. The number of pyridine rings is 1. The van der Waals surface area contributed by atoms with Crippen LogP contribution in [0.25, 0.3) is 10.9 Å². The summed E-state index contributed by atoms with van der Waals surface area (Å²) in [5, 5.41) is 4.43. The third-order valence-electron chi connectivity index (χ3n) is 6.13. The molecule has 3 N–H and O–H groups in total. The molecule has 0 saturated carbocycles. The fourth-order valence-corrected chi connectivity index (χ4v) is 4.29. The average molecular weight is 455 g/mol. The van der Waals surface area contributed by atoms with Crippen molar-refractivity contribution in [1.29, 1.82) is 0 Å². The lowest BCUT2D eigenvalue weighted by Gasteiger charge is -2.32. The van der Waals surface area contributed by atoms with Crippen LogP contribution in [-0.4, -0.2) is 54.9 Å². The summed E-state index contributed by atoms with van der Waals surface area (Å²) in [6, 6.07) is 8.26. The van der Waals surface area contributed by atoms with E-state index in [0.717, 1.165) is 43.4 Å². The molecule has 0 amide bonds. The summed E-state index contributed by atoms with van der Waals surface area (Å²) in [6.07, 6.45) is 5.29. The van der Waals surface area contributed by atoms with Gasteiger partial charge in [-0.2, -0.15) is 0 Å². The van der Waals surface area contributed by atoms with Gasteiger partial charge in [-0.1, -0.05) is 6.58 Å². The SMILES string of the molecule is C=C(/C=C1/OCCO/C1=C/N)CNC1CCN(CCn2c(=O)ccc3ccc(F)cc32)CC1. The number of nitrogens with two attached hydrogens (primary N) is 1. The van der Waals surface area contributed by atoms with E-state index in [1.165, 1.54) is 18.3 Å². The number of hydrogen-bond donors (Lipinski definition) is 2.